The molecule has 0 aromatic carbocycles. The van der Waals surface area contributed by atoms with E-state index in [1.807, 2.05) is 12.1 Å². The summed E-state index contributed by atoms with van der Waals surface area (Å²) >= 11 is 3.38. The minimum atomic E-state index is 0.717. The molecule has 0 atom stereocenters. The van der Waals surface area contributed by atoms with E-state index in [1.165, 1.54) is 16.0 Å². The molecule has 4 aromatic heterocycles. The first-order valence-electron chi connectivity index (χ1n) is 7.28. The highest BCUT2D eigenvalue weighted by Gasteiger charge is 2.15. The van der Waals surface area contributed by atoms with Gasteiger partial charge in [-0.15, -0.1) is 11.3 Å². The number of pyridine rings is 1. The molecule has 0 saturated heterocycles. The van der Waals surface area contributed by atoms with Gasteiger partial charge in [0.25, 0.3) is 0 Å². The number of hydrazone groups is 1. The van der Waals surface area contributed by atoms with Crippen LogP contribution in [0.25, 0.3) is 20.7 Å². The van der Waals surface area contributed by atoms with Crippen LogP contribution in [-0.2, 0) is 0 Å². The van der Waals surface area contributed by atoms with Crippen molar-refractivity contribution in [3.63, 3.8) is 0 Å². The summed E-state index contributed by atoms with van der Waals surface area (Å²) in [5.74, 6) is 0.717. The number of hydrogen-bond donors (Lipinski definition) is 1. The van der Waals surface area contributed by atoms with Crippen LogP contribution in [0.15, 0.2) is 52.8 Å². The van der Waals surface area contributed by atoms with Crippen molar-refractivity contribution < 1.29 is 0 Å². The van der Waals surface area contributed by atoms with E-state index in [2.05, 4.69) is 49.2 Å². The first-order chi connectivity index (χ1) is 11.8. The molecule has 0 amide bonds. The Morgan fingerprint density at radius 3 is 3.00 bits per heavy atom. The summed E-state index contributed by atoms with van der Waals surface area (Å²) in [6.07, 6.45) is 6.78. The van der Waals surface area contributed by atoms with Gasteiger partial charge in [0.05, 0.1) is 16.4 Å². The summed E-state index contributed by atoms with van der Waals surface area (Å²) in [4.78, 5) is 14.1. The standard InChI is InChI=1S/C17H13N5S2/c1-11-14-16(24-15(11)13-4-6-23-9-13)17(20-10-19-14)22-21-8-12-3-2-5-18-7-12/h2-10H,1H3,(H,19,20,22). The second-order valence-corrected chi connectivity index (χ2v) is 6.93. The molecule has 118 valence electrons. The maximum Gasteiger partial charge on any atom is 0.167 e. The molecule has 0 saturated carbocycles. The number of nitrogens with zero attached hydrogens (tertiary/aromatic N) is 4. The molecule has 0 aliphatic carbocycles. The van der Waals surface area contributed by atoms with E-state index in [1.54, 1.807) is 47.6 Å². The quantitative estimate of drug-likeness (QED) is 0.432. The molecule has 0 unspecified atom stereocenters. The normalized spacial score (nSPS) is 11.4. The minimum Gasteiger partial charge on any atom is -0.264 e. The van der Waals surface area contributed by atoms with Crippen LogP contribution in [0.3, 0.4) is 0 Å². The SMILES string of the molecule is Cc1c(-c2ccsc2)sc2c(NN=Cc3cccnc3)ncnc12. The number of hydrogen-bond acceptors (Lipinski definition) is 7. The van der Waals surface area contributed by atoms with Crippen LogP contribution in [0.2, 0.25) is 0 Å². The zero-order valence-electron chi connectivity index (χ0n) is 12.8. The second kappa shape index (κ2) is 6.46. The van der Waals surface area contributed by atoms with Crippen LogP contribution < -0.4 is 5.43 Å². The second-order valence-electron chi connectivity index (χ2n) is 5.12. The van der Waals surface area contributed by atoms with Crippen molar-refractivity contribution in [2.45, 2.75) is 6.92 Å². The lowest BCUT2D eigenvalue weighted by Gasteiger charge is -2.00. The number of rotatable bonds is 4. The Hall–Kier alpha value is -2.64. The van der Waals surface area contributed by atoms with Crippen LogP contribution in [0, 0.1) is 6.92 Å². The molecule has 0 fully saturated rings. The number of nitrogens with one attached hydrogen (secondary N) is 1. The molecule has 1 N–H and O–H groups in total. The van der Waals surface area contributed by atoms with Crippen molar-refractivity contribution in [1.82, 2.24) is 15.0 Å². The van der Waals surface area contributed by atoms with E-state index in [9.17, 15) is 0 Å². The van der Waals surface area contributed by atoms with Crippen molar-refractivity contribution in [2.24, 2.45) is 5.10 Å². The van der Waals surface area contributed by atoms with Crippen molar-refractivity contribution >= 4 is 44.9 Å². The van der Waals surface area contributed by atoms with Crippen LogP contribution in [-0.4, -0.2) is 21.2 Å². The zero-order chi connectivity index (χ0) is 16.4. The van der Waals surface area contributed by atoms with Crippen molar-refractivity contribution in [3.8, 4) is 10.4 Å². The van der Waals surface area contributed by atoms with Gasteiger partial charge < -0.3 is 0 Å². The molecule has 0 aliphatic heterocycles. The Morgan fingerprint density at radius 1 is 1.25 bits per heavy atom. The average molecular weight is 351 g/mol. The zero-order valence-corrected chi connectivity index (χ0v) is 14.4. The third-order valence-corrected chi connectivity index (χ3v) is 5.58. The van der Waals surface area contributed by atoms with Crippen molar-refractivity contribution in [1.29, 1.82) is 0 Å². The molecule has 4 rings (SSSR count). The summed E-state index contributed by atoms with van der Waals surface area (Å²) in [7, 11) is 0. The summed E-state index contributed by atoms with van der Waals surface area (Å²) in [6, 6.07) is 5.95. The summed E-state index contributed by atoms with van der Waals surface area (Å²) in [5.41, 5.74) is 7.32. The topological polar surface area (TPSA) is 63.1 Å². The van der Waals surface area contributed by atoms with E-state index < -0.39 is 0 Å². The molecule has 24 heavy (non-hydrogen) atoms. The third-order valence-electron chi connectivity index (χ3n) is 3.56. The molecular weight excluding hydrogens is 338 g/mol. The van der Waals surface area contributed by atoms with Crippen LogP contribution in [0.1, 0.15) is 11.1 Å². The molecule has 7 heteroatoms. The first kappa shape index (κ1) is 14.9. The van der Waals surface area contributed by atoms with Crippen LogP contribution in [0.4, 0.5) is 5.82 Å². The number of anilines is 1. The van der Waals surface area contributed by atoms with E-state index in [4.69, 9.17) is 0 Å². The largest absolute Gasteiger partial charge is 0.264 e. The lowest BCUT2D eigenvalue weighted by atomic mass is 10.2. The molecule has 4 aromatic rings. The molecule has 4 heterocycles. The highest BCUT2D eigenvalue weighted by atomic mass is 32.1. The lowest BCUT2D eigenvalue weighted by molar-refractivity contribution is 1.18. The van der Waals surface area contributed by atoms with Gasteiger partial charge in [-0.2, -0.15) is 16.4 Å². The predicted octanol–water partition coefficient (Wildman–Crippen LogP) is 4.57. The highest BCUT2D eigenvalue weighted by Crippen LogP contribution is 2.40. The van der Waals surface area contributed by atoms with Gasteiger partial charge in [-0.25, -0.2) is 9.97 Å². The van der Waals surface area contributed by atoms with E-state index in [0.717, 1.165) is 21.6 Å². The van der Waals surface area contributed by atoms with Gasteiger partial charge in [-0.1, -0.05) is 6.07 Å². The molecule has 5 nitrogen and oxygen atoms in total. The minimum absolute atomic E-state index is 0.717. The van der Waals surface area contributed by atoms with E-state index in [-0.39, 0.29) is 0 Å². The Bertz CT molecular complexity index is 991. The maximum atomic E-state index is 4.44. The Labute approximate surface area is 146 Å². The fraction of sp³-hybridized carbons (Fsp3) is 0.0588. The van der Waals surface area contributed by atoms with Crippen LogP contribution in [0.5, 0.6) is 0 Å². The summed E-state index contributed by atoms with van der Waals surface area (Å²) in [6.45, 7) is 2.10. The predicted molar refractivity (Wildman–Crippen MR) is 101 cm³/mol. The molecule has 0 aliphatic rings. The van der Waals surface area contributed by atoms with E-state index in [0.29, 0.717) is 0 Å². The fourth-order valence-corrected chi connectivity index (χ4v) is 4.31. The van der Waals surface area contributed by atoms with Gasteiger partial charge in [0.15, 0.2) is 5.82 Å². The van der Waals surface area contributed by atoms with Gasteiger partial charge in [0.1, 0.15) is 6.33 Å². The average Bonchev–Trinajstić information content (AvgIpc) is 3.25. The van der Waals surface area contributed by atoms with Gasteiger partial charge in [0, 0.05) is 28.4 Å². The maximum absolute atomic E-state index is 4.44. The van der Waals surface area contributed by atoms with E-state index >= 15 is 0 Å². The van der Waals surface area contributed by atoms with Gasteiger partial charge >= 0.3 is 0 Å². The van der Waals surface area contributed by atoms with Crippen LogP contribution >= 0.6 is 22.7 Å². The number of fused-ring (bicyclic) bond motifs is 1. The smallest absolute Gasteiger partial charge is 0.167 e. The van der Waals surface area contributed by atoms with Gasteiger partial charge in [-0.3, -0.25) is 10.4 Å². The Kier molecular flexibility index (Phi) is 4.02. The lowest BCUT2D eigenvalue weighted by Crippen LogP contribution is -1.94. The molecule has 0 bridgehead atoms. The summed E-state index contributed by atoms with van der Waals surface area (Å²) in [5, 5.41) is 8.50. The molecule has 0 radical (unpaired) electrons. The monoisotopic (exact) mass is 351 g/mol. The molecule has 0 spiro atoms. The number of thiophene rings is 2. The molecular formula is C17H13N5S2. The van der Waals surface area contributed by atoms with Crippen molar-refractivity contribution in [3.05, 3.63) is 58.8 Å². The summed E-state index contributed by atoms with van der Waals surface area (Å²) < 4.78 is 1.01. The highest BCUT2D eigenvalue weighted by molar-refractivity contribution is 7.23. The Morgan fingerprint density at radius 2 is 2.21 bits per heavy atom. The van der Waals surface area contributed by atoms with Crippen molar-refractivity contribution in [2.75, 3.05) is 5.43 Å². The van der Waals surface area contributed by atoms with Gasteiger partial charge in [0.2, 0.25) is 0 Å². The Balaban J connectivity index is 1.69. The van der Waals surface area contributed by atoms with Gasteiger partial charge in [-0.05, 0) is 35.4 Å². The fourth-order valence-electron chi connectivity index (χ4n) is 2.39. The third kappa shape index (κ3) is 2.79. The number of aryl methyl sites for hydroxylation is 1. The number of aromatic nitrogens is 3. The first-order valence-corrected chi connectivity index (χ1v) is 9.04.